The van der Waals surface area contributed by atoms with Crippen LogP contribution < -0.4 is 5.32 Å². The number of hydrogen-bond acceptors (Lipinski definition) is 3. The summed E-state index contributed by atoms with van der Waals surface area (Å²) in [4.78, 5) is 37.6. The Bertz CT molecular complexity index is 530. The summed E-state index contributed by atoms with van der Waals surface area (Å²) in [7, 11) is 0. The second-order valence-corrected chi connectivity index (χ2v) is 5.91. The molecule has 2 bridgehead atoms. The third-order valence-electron chi connectivity index (χ3n) is 4.73. The first-order valence-corrected chi connectivity index (χ1v) is 7.37. The van der Waals surface area contributed by atoms with Crippen LogP contribution in [0, 0.1) is 36.0 Å². The van der Waals surface area contributed by atoms with Crippen LogP contribution in [0.2, 0.25) is 0 Å². The predicted molar refractivity (Wildman–Crippen MR) is 75.5 cm³/mol. The minimum absolute atomic E-state index is 0.0501. The van der Waals surface area contributed by atoms with Gasteiger partial charge in [-0.25, -0.2) is 0 Å². The van der Waals surface area contributed by atoms with Crippen LogP contribution in [-0.4, -0.2) is 35.7 Å². The first kappa shape index (κ1) is 13.9. The molecule has 3 aliphatic rings. The number of nitrogens with zero attached hydrogens (tertiary/aromatic N) is 1. The van der Waals surface area contributed by atoms with Crippen LogP contribution in [0.1, 0.15) is 19.3 Å². The summed E-state index contributed by atoms with van der Waals surface area (Å²) in [5.41, 5.74) is 0. The average molecular weight is 286 g/mol. The quantitative estimate of drug-likeness (QED) is 0.450. The van der Waals surface area contributed by atoms with Crippen LogP contribution >= 0.6 is 0 Å². The second-order valence-electron chi connectivity index (χ2n) is 5.91. The van der Waals surface area contributed by atoms with Crippen molar-refractivity contribution in [1.82, 2.24) is 10.2 Å². The number of fused-ring (bicyclic) bond motifs is 5. The van der Waals surface area contributed by atoms with E-state index in [1.54, 1.807) is 0 Å². The van der Waals surface area contributed by atoms with Crippen molar-refractivity contribution in [2.75, 3.05) is 13.1 Å². The van der Waals surface area contributed by atoms with Crippen LogP contribution in [0.25, 0.3) is 0 Å². The Morgan fingerprint density at radius 2 is 1.90 bits per heavy atom. The van der Waals surface area contributed by atoms with Crippen LogP contribution in [0.15, 0.2) is 12.2 Å². The molecule has 4 unspecified atom stereocenters. The molecule has 0 aromatic heterocycles. The van der Waals surface area contributed by atoms with E-state index in [9.17, 15) is 14.4 Å². The maximum atomic E-state index is 12.4. The van der Waals surface area contributed by atoms with Crippen LogP contribution in [0.5, 0.6) is 0 Å². The number of hydrogen-bond donors (Lipinski definition) is 1. The molecule has 3 rings (SSSR count). The highest BCUT2D eigenvalue weighted by atomic mass is 16.2. The second kappa shape index (κ2) is 5.36. The van der Waals surface area contributed by atoms with Crippen molar-refractivity contribution in [2.45, 2.75) is 19.3 Å². The lowest BCUT2D eigenvalue weighted by molar-refractivity contribution is -0.141. The van der Waals surface area contributed by atoms with Crippen molar-refractivity contribution in [3.8, 4) is 12.3 Å². The molecule has 0 aromatic carbocycles. The minimum Gasteiger partial charge on any atom is -0.345 e. The SMILES string of the molecule is C#CCNC(=O)CCCN1C(=O)C2C3C=CC(C3)C2C1=O. The Morgan fingerprint density at radius 1 is 1.29 bits per heavy atom. The van der Waals surface area contributed by atoms with Gasteiger partial charge in [0.15, 0.2) is 0 Å². The maximum Gasteiger partial charge on any atom is 0.233 e. The zero-order valence-corrected chi connectivity index (χ0v) is 11.7. The minimum atomic E-state index is -0.150. The van der Waals surface area contributed by atoms with Gasteiger partial charge in [0.05, 0.1) is 18.4 Å². The molecule has 1 aliphatic heterocycles. The Kier molecular flexibility index (Phi) is 3.54. The molecule has 0 spiro atoms. The van der Waals surface area contributed by atoms with Crippen LogP contribution in [-0.2, 0) is 14.4 Å². The Balaban J connectivity index is 1.54. The summed E-state index contributed by atoms with van der Waals surface area (Å²) in [6.45, 7) is 0.535. The topological polar surface area (TPSA) is 66.5 Å². The molecule has 3 amide bonds. The number of allylic oxidation sites excluding steroid dienone is 2. The molecule has 0 radical (unpaired) electrons. The lowest BCUT2D eigenvalue weighted by Crippen LogP contribution is -2.34. The number of likely N-dealkylation sites (tertiary alicyclic amines) is 1. The number of terminal acetylenes is 1. The highest BCUT2D eigenvalue weighted by molar-refractivity contribution is 6.06. The van der Waals surface area contributed by atoms with Gasteiger partial charge < -0.3 is 5.32 Å². The first-order valence-electron chi connectivity index (χ1n) is 7.37. The van der Waals surface area contributed by atoms with Gasteiger partial charge in [-0.3, -0.25) is 19.3 Å². The summed E-state index contributed by atoms with van der Waals surface area (Å²) >= 11 is 0. The number of imide groups is 1. The summed E-state index contributed by atoms with van der Waals surface area (Å²) in [5, 5.41) is 2.57. The number of nitrogens with one attached hydrogen (secondary N) is 1. The molecule has 2 aliphatic carbocycles. The van der Waals surface area contributed by atoms with Crippen molar-refractivity contribution in [3.05, 3.63) is 12.2 Å². The Labute approximate surface area is 123 Å². The highest BCUT2D eigenvalue weighted by Crippen LogP contribution is 2.52. The van der Waals surface area contributed by atoms with E-state index in [0.29, 0.717) is 13.0 Å². The molecule has 0 aromatic rings. The number of carbonyl (C=O) groups excluding carboxylic acids is 3. The molecule has 1 saturated carbocycles. The fourth-order valence-corrected chi connectivity index (χ4v) is 3.82. The summed E-state index contributed by atoms with van der Waals surface area (Å²) in [6, 6.07) is 0. The molecule has 5 heteroatoms. The molecule has 1 N–H and O–H groups in total. The van der Waals surface area contributed by atoms with E-state index in [4.69, 9.17) is 6.42 Å². The monoisotopic (exact) mass is 286 g/mol. The first-order chi connectivity index (χ1) is 10.1. The van der Waals surface area contributed by atoms with Gasteiger partial charge in [-0.1, -0.05) is 18.1 Å². The van der Waals surface area contributed by atoms with Gasteiger partial charge >= 0.3 is 0 Å². The number of carbonyl (C=O) groups is 3. The van der Waals surface area contributed by atoms with Gasteiger partial charge in [-0.15, -0.1) is 6.42 Å². The van der Waals surface area contributed by atoms with Gasteiger partial charge in [-0.05, 0) is 24.7 Å². The summed E-state index contributed by atoms with van der Waals surface area (Å²) in [6.07, 6.45) is 10.9. The molecule has 4 atom stereocenters. The largest absolute Gasteiger partial charge is 0.345 e. The lowest BCUT2D eigenvalue weighted by Gasteiger charge is -2.16. The van der Waals surface area contributed by atoms with Crippen LogP contribution in [0.4, 0.5) is 0 Å². The van der Waals surface area contributed by atoms with E-state index in [0.717, 1.165) is 6.42 Å². The predicted octanol–water partition coefficient (Wildman–Crippen LogP) is 0.323. The van der Waals surface area contributed by atoms with Gasteiger partial charge in [0.2, 0.25) is 17.7 Å². The molecule has 1 heterocycles. The average Bonchev–Trinajstić information content (AvgIpc) is 3.14. The Hall–Kier alpha value is -2.09. The third-order valence-corrected chi connectivity index (χ3v) is 4.73. The highest BCUT2D eigenvalue weighted by Gasteiger charge is 2.58. The molecular formula is C16H18N2O3. The molecule has 1 saturated heterocycles. The smallest absolute Gasteiger partial charge is 0.233 e. The van der Waals surface area contributed by atoms with Crippen molar-refractivity contribution in [2.24, 2.45) is 23.7 Å². The van der Waals surface area contributed by atoms with Gasteiger partial charge in [0.1, 0.15) is 0 Å². The van der Waals surface area contributed by atoms with Crippen molar-refractivity contribution >= 4 is 17.7 Å². The van der Waals surface area contributed by atoms with Crippen molar-refractivity contribution < 1.29 is 14.4 Å². The number of rotatable bonds is 5. The molecule has 2 fully saturated rings. The zero-order chi connectivity index (χ0) is 15.0. The van der Waals surface area contributed by atoms with Crippen LogP contribution in [0.3, 0.4) is 0 Å². The summed E-state index contributed by atoms with van der Waals surface area (Å²) in [5.74, 6) is 2.26. The van der Waals surface area contributed by atoms with E-state index < -0.39 is 0 Å². The van der Waals surface area contributed by atoms with E-state index in [1.165, 1.54) is 4.90 Å². The molecule has 5 nitrogen and oxygen atoms in total. The fraction of sp³-hybridized carbons (Fsp3) is 0.562. The third kappa shape index (κ3) is 2.25. The molecular weight excluding hydrogens is 268 g/mol. The normalized spacial score (nSPS) is 32.4. The standard InChI is InChI=1S/C16H18N2O3/c1-2-7-17-12(19)4-3-8-18-15(20)13-10-5-6-11(9-10)14(13)16(18)21/h1,5-6,10-11,13-14H,3-4,7-9H2,(H,17,19). The van der Waals surface area contributed by atoms with Gasteiger partial charge in [0, 0.05) is 13.0 Å². The van der Waals surface area contributed by atoms with E-state index in [2.05, 4.69) is 23.4 Å². The van der Waals surface area contributed by atoms with E-state index >= 15 is 0 Å². The van der Waals surface area contributed by atoms with Crippen molar-refractivity contribution in [1.29, 1.82) is 0 Å². The molecule has 21 heavy (non-hydrogen) atoms. The zero-order valence-electron chi connectivity index (χ0n) is 11.7. The van der Waals surface area contributed by atoms with Gasteiger partial charge in [0.25, 0.3) is 0 Å². The molecule has 110 valence electrons. The number of amides is 3. The summed E-state index contributed by atoms with van der Waals surface area (Å²) < 4.78 is 0. The fourth-order valence-electron chi connectivity index (χ4n) is 3.82. The van der Waals surface area contributed by atoms with Crippen molar-refractivity contribution in [3.63, 3.8) is 0 Å². The van der Waals surface area contributed by atoms with Gasteiger partial charge in [-0.2, -0.15) is 0 Å². The lowest BCUT2D eigenvalue weighted by atomic mass is 9.85. The Morgan fingerprint density at radius 3 is 2.48 bits per heavy atom. The maximum absolute atomic E-state index is 12.4. The van der Waals surface area contributed by atoms with E-state index in [-0.39, 0.29) is 54.4 Å². The van der Waals surface area contributed by atoms with E-state index in [1.807, 2.05) is 0 Å².